The summed E-state index contributed by atoms with van der Waals surface area (Å²) in [5, 5.41) is 0.476. The monoisotopic (exact) mass is 528 g/mol. The predicted molar refractivity (Wildman–Crippen MR) is 104 cm³/mol. The van der Waals surface area contributed by atoms with Crippen molar-refractivity contribution in [3.63, 3.8) is 0 Å². The summed E-state index contributed by atoms with van der Waals surface area (Å²) >= 11 is 8.82. The Morgan fingerprint density at radius 3 is 2.66 bits per heavy atom. The molecule has 0 unspecified atom stereocenters. The van der Waals surface area contributed by atoms with Gasteiger partial charge in [0.25, 0.3) is 0 Å². The number of hydrogen-bond donors (Lipinski definition) is 1. The Morgan fingerprint density at radius 1 is 1.21 bits per heavy atom. The molecule has 2 aromatic heterocycles. The Kier molecular flexibility index (Phi) is 5.74. The van der Waals surface area contributed by atoms with E-state index in [4.69, 9.17) is 21.1 Å². The number of nitrogens with zero attached hydrogens (tertiary/aromatic N) is 5. The number of carbonyl (C=O) groups is 1. The zero-order chi connectivity index (χ0) is 20.5. The second-order valence-corrected chi connectivity index (χ2v) is 8.25. The van der Waals surface area contributed by atoms with Crippen LogP contribution in [0.2, 0.25) is 5.02 Å². The van der Waals surface area contributed by atoms with Gasteiger partial charge in [0.15, 0.2) is 0 Å². The number of methoxy groups -OCH3 is 1. The minimum Gasteiger partial charge on any atom is -0.699 e. The molecule has 1 radical (unpaired) electrons. The highest BCUT2D eigenvalue weighted by molar-refractivity contribution is 6.34. The maximum Gasteiger partial charge on any atom is 0.310 e. The Labute approximate surface area is 185 Å². The van der Waals surface area contributed by atoms with Gasteiger partial charge in [-0.15, -0.1) is 0 Å². The Balaban J connectivity index is 1.70. The molecule has 0 aliphatic carbocycles. The van der Waals surface area contributed by atoms with E-state index in [1.807, 2.05) is 0 Å². The number of imidazole rings is 1. The minimum atomic E-state index is -0.454. The van der Waals surface area contributed by atoms with Crippen LogP contribution < -0.4 is 37.2 Å². The average Bonchev–Trinajstić information content (AvgIpc) is 3.07. The third kappa shape index (κ3) is 4.23. The molecule has 0 atom stereocenters. The molecular formula is C18H18ClIN6O3-. The predicted octanol–water partition coefficient (Wildman–Crippen LogP) is -0.802. The number of nitrogens with one attached hydrogen (secondary N) is 1. The molecule has 0 amide bonds. The lowest BCUT2D eigenvalue weighted by molar-refractivity contribution is -0.575. The molecule has 3 aromatic rings. The number of aromatic amines is 1. The summed E-state index contributed by atoms with van der Waals surface area (Å²) in [6.45, 7) is 4.91. The number of ether oxygens (including phenoxy) is 2. The molecule has 153 valence electrons. The van der Waals surface area contributed by atoms with Crippen LogP contribution in [-0.4, -0.2) is 62.3 Å². The fourth-order valence-corrected chi connectivity index (χ4v) is 3.83. The second kappa shape index (κ2) is 8.28. The zero-order valence-corrected chi connectivity index (χ0v) is 18.7. The lowest BCUT2D eigenvalue weighted by Crippen LogP contribution is -3.42. The van der Waals surface area contributed by atoms with Gasteiger partial charge in [0.1, 0.15) is 0 Å². The summed E-state index contributed by atoms with van der Waals surface area (Å²) in [6, 6.07) is 3.63. The van der Waals surface area contributed by atoms with Crippen molar-refractivity contribution in [2.45, 2.75) is 6.92 Å². The standard InChI is InChI=1S/C18H18ClIN6O3/c1-10(27)29-18-22-14-7-11(13(19)8-15(14)23-18)12-9-21-17(24-16(12)28-2)25-3-5-26(20)6-4-25/h7-9H,3-6H2,1-2H3,(H,22,23)/q-1. The number of H-pyrrole nitrogens is 1. The molecule has 1 aliphatic rings. The summed E-state index contributed by atoms with van der Waals surface area (Å²) in [5.74, 6) is 0.609. The van der Waals surface area contributed by atoms with Gasteiger partial charge in [-0.3, -0.25) is 4.79 Å². The molecule has 9 nitrogen and oxygen atoms in total. The van der Waals surface area contributed by atoms with Crippen LogP contribution in [0.3, 0.4) is 0 Å². The highest BCUT2D eigenvalue weighted by Gasteiger charge is 2.19. The highest BCUT2D eigenvalue weighted by atomic mass is 127. The number of hydrogen-bond acceptors (Lipinski definition) is 8. The van der Waals surface area contributed by atoms with E-state index in [-0.39, 0.29) is 6.01 Å². The molecule has 11 heteroatoms. The van der Waals surface area contributed by atoms with E-state index in [0.717, 1.165) is 26.2 Å². The first-order valence-electron chi connectivity index (χ1n) is 8.89. The number of aromatic nitrogens is 4. The fraction of sp³-hybridized carbons (Fsp3) is 0.333. The Hall–Kier alpha value is -2.18. The number of halogens is 2. The highest BCUT2D eigenvalue weighted by Crippen LogP contribution is 2.36. The van der Waals surface area contributed by atoms with Crippen molar-refractivity contribution in [3.05, 3.63) is 23.4 Å². The molecular weight excluding hydrogens is 511 g/mol. The van der Waals surface area contributed by atoms with Crippen molar-refractivity contribution in [1.29, 1.82) is 0 Å². The van der Waals surface area contributed by atoms with Crippen LogP contribution in [-0.2, 0) is 4.79 Å². The summed E-state index contributed by atoms with van der Waals surface area (Å²) in [7, 11) is 1.57. The van der Waals surface area contributed by atoms with Crippen LogP contribution in [0.5, 0.6) is 11.9 Å². The summed E-state index contributed by atoms with van der Waals surface area (Å²) in [5.41, 5.74) is 2.60. The van der Waals surface area contributed by atoms with E-state index in [1.165, 1.54) is 6.92 Å². The largest absolute Gasteiger partial charge is 0.699 e. The number of fused-ring (bicyclic) bond motifs is 1. The van der Waals surface area contributed by atoms with Crippen molar-refractivity contribution in [3.8, 4) is 23.0 Å². The van der Waals surface area contributed by atoms with Crippen molar-refractivity contribution in [2.24, 2.45) is 0 Å². The Morgan fingerprint density at radius 2 is 1.97 bits per heavy atom. The van der Waals surface area contributed by atoms with Gasteiger partial charge in [0.05, 0.1) is 28.7 Å². The van der Waals surface area contributed by atoms with Crippen LogP contribution in [0.1, 0.15) is 6.92 Å². The van der Waals surface area contributed by atoms with E-state index in [9.17, 15) is 4.79 Å². The molecule has 29 heavy (non-hydrogen) atoms. The molecule has 1 N–H and O–H groups in total. The van der Waals surface area contributed by atoms with Crippen LogP contribution >= 0.6 is 11.6 Å². The van der Waals surface area contributed by atoms with Crippen molar-refractivity contribution >= 4 is 34.6 Å². The van der Waals surface area contributed by atoms with Gasteiger partial charge in [-0.2, -0.15) is 9.97 Å². The van der Waals surface area contributed by atoms with Crippen LogP contribution in [0, 0.1) is 0 Å². The first kappa shape index (κ1) is 20.1. The average molecular weight is 529 g/mol. The molecule has 0 spiro atoms. The van der Waals surface area contributed by atoms with Gasteiger partial charge in [-0.1, -0.05) is 11.6 Å². The molecule has 3 heterocycles. The number of rotatable bonds is 4. The summed E-state index contributed by atoms with van der Waals surface area (Å²) in [4.78, 5) is 29.6. The minimum absolute atomic E-state index is 0.119. The third-order valence-corrected chi connectivity index (χ3v) is 5.80. The Bertz CT molecular complexity index is 1070. The maximum atomic E-state index is 11.2. The molecule has 0 bridgehead atoms. The number of piperazine rings is 1. The maximum absolute atomic E-state index is 11.2. The van der Waals surface area contributed by atoms with Crippen LogP contribution in [0.4, 0.5) is 5.95 Å². The van der Waals surface area contributed by atoms with Crippen LogP contribution in [0.25, 0.3) is 22.2 Å². The summed E-state index contributed by atoms with van der Waals surface area (Å²) < 4.78 is 12.8. The first-order valence-corrected chi connectivity index (χ1v) is 10.2. The second-order valence-electron chi connectivity index (χ2n) is 6.47. The van der Waals surface area contributed by atoms with E-state index in [1.54, 1.807) is 25.4 Å². The van der Waals surface area contributed by atoms with Gasteiger partial charge < -0.3 is 45.3 Å². The lowest BCUT2D eigenvalue weighted by Gasteiger charge is -2.39. The molecule has 1 aromatic carbocycles. The van der Waals surface area contributed by atoms with Gasteiger partial charge in [-0.25, -0.2) is 4.98 Å². The number of carbonyl (C=O) groups excluding carboxylic acids is 1. The molecule has 0 saturated carbocycles. The smallest absolute Gasteiger partial charge is 0.310 e. The quantitative estimate of drug-likeness (QED) is 0.267. The SMILES string of the molecule is COc1nc(N2CCN([I-])CC2)ncc1-c1cc2nc(OC(C)=O)[nH]c2cc1Cl. The number of anilines is 1. The van der Waals surface area contributed by atoms with Crippen LogP contribution in [0.15, 0.2) is 18.3 Å². The van der Waals surface area contributed by atoms with Gasteiger partial charge in [0, 0.05) is 31.8 Å². The zero-order valence-electron chi connectivity index (χ0n) is 15.8. The van der Waals surface area contributed by atoms with E-state index < -0.39 is 5.97 Å². The van der Waals surface area contributed by atoms with E-state index in [0.29, 0.717) is 39.0 Å². The van der Waals surface area contributed by atoms with Crippen molar-refractivity contribution in [1.82, 2.24) is 23.0 Å². The fourth-order valence-electron chi connectivity index (χ4n) is 3.13. The number of esters is 1. The normalized spacial score (nSPS) is 15.0. The lowest BCUT2D eigenvalue weighted by atomic mass is 10.1. The number of benzene rings is 1. The van der Waals surface area contributed by atoms with Crippen molar-refractivity contribution in [2.75, 3.05) is 38.2 Å². The topological polar surface area (TPSA) is 96.5 Å². The van der Waals surface area contributed by atoms with E-state index in [2.05, 4.69) is 50.8 Å². The summed E-state index contributed by atoms with van der Waals surface area (Å²) in [6.07, 6.45) is 1.71. The van der Waals surface area contributed by atoms with E-state index >= 15 is 0 Å². The van der Waals surface area contributed by atoms with Crippen molar-refractivity contribution < 1.29 is 37.1 Å². The molecule has 1 aliphatic heterocycles. The van der Waals surface area contributed by atoms with Gasteiger partial charge in [-0.05, 0) is 25.2 Å². The third-order valence-electron chi connectivity index (χ3n) is 4.52. The van der Waals surface area contributed by atoms with Gasteiger partial charge in [0.2, 0.25) is 11.8 Å². The first-order chi connectivity index (χ1) is 13.9. The molecule has 1 fully saturated rings. The van der Waals surface area contributed by atoms with Gasteiger partial charge >= 0.3 is 12.0 Å². The molecule has 4 rings (SSSR count). The molecule has 1 saturated heterocycles.